The molecule has 0 bridgehead atoms. The molecule has 1 atom stereocenters. The van der Waals surface area contributed by atoms with Gasteiger partial charge in [0, 0.05) is 0 Å². The van der Waals surface area contributed by atoms with Crippen molar-refractivity contribution in [2.45, 2.75) is 25.8 Å². The molecule has 2 nitrogen and oxygen atoms in total. The third-order valence-corrected chi connectivity index (χ3v) is 1.14. The van der Waals surface area contributed by atoms with Crippen molar-refractivity contribution in [2.24, 2.45) is 0 Å². The van der Waals surface area contributed by atoms with E-state index in [0.29, 0.717) is 13.0 Å². The maximum absolute atomic E-state index is 11.5. The summed E-state index contributed by atoms with van der Waals surface area (Å²) in [5.41, 5.74) is 0. The van der Waals surface area contributed by atoms with Gasteiger partial charge in [0.05, 0.1) is 6.10 Å². The lowest BCUT2D eigenvalue weighted by molar-refractivity contribution is -0.340. The molecular weight excluding hydrogens is 159 g/mol. The van der Waals surface area contributed by atoms with Crippen molar-refractivity contribution in [1.29, 1.82) is 0 Å². The van der Waals surface area contributed by atoms with E-state index >= 15 is 0 Å². The maximum Gasteiger partial charge on any atom is 0.522 e. The molecule has 68 valence electrons. The first-order chi connectivity index (χ1) is 4.95. The quantitative estimate of drug-likeness (QED) is 0.692. The van der Waals surface area contributed by atoms with E-state index in [9.17, 15) is 13.2 Å². The van der Waals surface area contributed by atoms with Gasteiger partial charge in [-0.2, -0.15) is 0 Å². The number of halogens is 3. The van der Waals surface area contributed by atoms with Crippen LogP contribution in [0.3, 0.4) is 0 Å². The summed E-state index contributed by atoms with van der Waals surface area (Å²) in [6, 6.07) is 0. The fourth-order valence-corrected chi connectivity index (χ4v) is 0.635. The summed E-state index contributed by atoms with van der Waals surface area (Å²) >= 11 is 0. The molecule has 5 heteroatoms. The molecule has 0 aromatic rings. The SMILES string of the molecule is CNCCC(C)OC(F)(F)F. The standard InChI is InChI=1S/C6H12F3NO/c1-5(3-4-10-2)11-6(7,8)9/h5,10H,3-4H2,1-2H3. The molecule has 0 fully saturated rings. The molecule has 0 aromatic heterocycles. The van der Waals surface area contributed by atoms with E-state index in [-0.39, 0.29) is 0 Å². The van der Waals surface area contributed by atoms with Gasteiger partial charge in [0.2, 0.25) is 0 Å². The molecule has 0 saturated heterocycles. The van der Waals surface area contributed by atoms with Gasteiger partial charge in [0.15, 0.2) is 0 Å². The number of hydrogen-bond acceptors (Lipinski definition) is 2. The Labute approximate surface area is 63.7 Å². The van der Waals surface area contributed by atoms with Crippen LogP contribution in [0.5, 0.6) is 0 Å². The second-order valence-electron chi connectivity index (χ2n) is 2.27. The molecule has 1 N–H and O–H groups in total. The van der Waals surface area contributed by atoms with Crippen LogP contribution < -0.4 is 5.32 Å². The molecule has 0 amide bonds. The van der Waals surface area contributed by atoms with Gasteiger partial charge in [-0.1, -0.05) is 0 Å². The molecule has 0 aliphatic heterocycles. The molecule has 0 saturated carbocycles. The van der Waals surface area contributed by atoms with Crippen LogP contribution in [0.2, 0.25) is 0 Å². The van der Waals surface area contributed by atoms with E-state index in [2.05, 4.69) is 10.1 Å². The molecule has 11 heavy (non-hydrogen) atoms. The smallest absolute Gasteiger partial charge is 0.320 e. The van der Waals surface area contributed by atoms with E-state index in [1.807, 2.05) is 0 Å². The van der Waals surface area contributed by atoms with E-state index in [0.717, 1.165) is 0 Å². The predicted molar refractivity (Wildman–Crippen MR) is 35.1 cm³/mol. The highest BCUT2D eigenvalue weighted by Gasteiger charge is 2.31. The van der Waals surface area contributed by atoms with Crippen molar-refractivity contribution in [3.05, 3.63) is 0 Å². The summed E-state index contributed by atoms with van der Waals surface area (Å²) < 4.78 is 38.2. The minimum absolute atomic E-state index is 0.357. The lowest BCUT2D eigenvalue weighted by Gasteiger charge is -2.14. The Balaban J connectivity index is 3.44. The van der Waals surface area contributed by atoms with E-state index in [4.69, 9.17) is 0 Å². The number of rotatable bonds is 4. The third kappa shape index (κ3) is 7.61. The van der Waals surface area contributed by atoms with E-state index in [1.54, 1.807) is 7.05 Å². The first-order valence-electron chi connectivity index (χ1n) is 3.35. The Morgan fingerprint density at radius 3 is 2.36 bits per heavy atom. The van der Waals surface area contributed by atoms with Crippen LogP contribution in [-0.4, -0.2) is 26.1 Å². The summed E-state index contributed by atoms with van der Waals surface area (Å²) in [5.74, 6) is 0. The van der Waals surface area contributed by atoms with Gasteiger partial charge in [-0.25, -0.2) is 0 Å². The van der Waals surface area contributed by atoms with Crippen LogP contribution in [0.1, 0.15) is 13.3 Å². The molecule has 0 aromatic carbocycles. The lowest BCUT2D eigenvalue weighted by Crippen LogP contribution is -2.24. The average molecular weight is 171 g/mol. The number of ether oxygens (including phenoxy) is 1. The zero-order valence-electron chi connectivity index (χ0n) is 6.53. The topological polar surface area (TPSA) is 21.3 Å². The van der Waals surface area contributed by atoms with E-state index < -0.39 is 12.5 Å². The lowest BCUT2D eigenvalue weighted by atomic mass is 10.3. The monoisotopic (exact) mass is 171 g/mol. The van der Waals surface area contributed by atoms with Crippen molar-refractivity contribution >= 4 is 0 Å². The van der Waals surface area contributed by atoms with Crippen LogP contribution in [0, 0.1) is 0 Å². The van der Waals surface area contributed by atoms with Crippen molar-refractivity contribution in [3.63, 3.8) is 0 Å². The van der Waals surface area contributed by atoms with Gasteiger partial charge in [0.1, 0.15) is 0 Å². The molecule has 0 heterocycles. The molecule has 0 aliphatic carbocycles. The normalized spacial score (nSPS) is 15.0. The molecule has 0 spiro atoms. The third-order valence-electron chi connectivity index (χ3n) is 1.14. The van der Waals surface area contributed by atoms with Gasteiger partial charge < -0.3 is 5.32 Å². The first kappa shape index (κ1) is 10.7. The second kappa shape index (κ2) is 4.56. The van der Waals surface area contributed by atoms with Gasteiger partial charge in [-0.15, -0.1) is 13.2 Å². The summed E-state index contributed by atoms with van der Waals surface area (Å²) in [5, 5.41) is 2.74. The van der Waals surface area contributed by atoms with Crippen LogP contribution in [0.25, 0.3) is 0 Å². The zero-order chi connectivity index (χ0) is 8.91. The van der Waals surface area contributed by atoms with Crippen molar-refractivity contribution in [3.8, 4) is 0 Å². The summed E-state index contributed by atoms with van der Waals surface area (Å²) in [6.45, 7) is 1.92. The van der Waals surface area contributed by atoms with Crippen molar-refractivity contribution < 1.29 is 17.9 Å². The largest absolute Gasteiger partial charge is 0.522 e. The molecule has 0 radical (unpaired) electrons. The minimum atomic E-state index is -4.51. The molecular formula is C6H12F3NO. The van der Waals surface area contributed by atoms with Crippen LogP contribution >= 0.6 is 0 Å². The summed E-state index contributed by atoms with van der Waals surface area (Å²) in [4.78, 5) is 0. The predicted octanol–water partition coefficient (Wildman–Crippen LogP) is 1.52. The average Bonchev–Trinajstić information content (AvgIpc) is 1.79. The van der Waals surface area contributed by atoms with Crippen LogP contribution in [-0.2, 0) is 4.74 Å². The highest BCUT2D eigenvalue weighted by atomic mass is 19.4. The van der Waals surface area contributed by atoms with Crippen molar-refractivity contribution in [1.82, 2.24) is 5.32 Å². The number of nitrogens with one attached hydrogen (secondary N) is 1. The maximum atomic E-state index is 11.5. The number of alkyl halides is 3. The Morgan fingerprint density at radius 1 is 1.45 bits per heavy atom. The molecule has 0 aliphatic rings. The van der Waals surface area contributed by atoms with Gasteiger partial charge >= 0.3 is 6.36 Å². The Morgan fingerprint density at radius 2 is 2.00 bits per heavy atom. The highest BCUT2D eigenvalue weighted by Crippen LogP contribution is 2.19. The van der Waals surface area contributed by atoms with Gasteiger partial charge in [-0.3, -0.25) is 4.74 Å². The summed E-state index contributed by atoms with van der Waals surface area (Å²) in [6.07, 6.45) is -4.93. The minimum Gasteiger partial charge on any atom is -0.320 e. The van der Waals surface area contributed by atoms with Gasteiger partial charge in [0.25, 0.3) is 0 Å². The Bertz CT molecular complexity index is 104. The Hall–Kier alpha value is -0.290. The van der Waals surface area contributed by atoms with Crippen LogP contribution in [0.4, 0.5) is 13.2 Å². The zero-order valence-corrected chi connectivity index (χ0v) is 6.53. The Kier molecular flexibility index (Phi) is 4.44. The first-order valence-corrected chi connectivity index (χ1v) is 3.35. The van der Waals surface area contributed by atoms with E-state index in [1.165, 1.54) is 6.92 Å². The number of hydrogen-bond donors (Lipinski definition) is 1. The van der Waals surface area contributed by atoms with Crippen molar-refractivity contribution in [2.75, 3.05) is 13.6 Å². The van der Waals surface area contributed by atoms with Crippen LogP contribution in [0.15, 0.2) is 0 Å². The van der Waals surface area contributed by atoms with Gasteiger partial charge in [-0.05, 0) is 26.9 Å². The molecule has 1 unspecified atom stereocenters. The summed E-state index contributed by atoms with van der Waals surface area (Å²) in [7, 11) is 1.68. The second-order valence-corrected chi connectivity index (χ2v) is 2.27. The highest BCUT2D eigenvalue weighted by molar-refractivity contribution is 4.52. The molecule has 0 rings (SSSR count). The fourth-order valence-electron chi connectivity index (χ4n) is 0.635. The fraction of sp³-hybridized carbons (Fsp3) is 1.00.